The topological polar surface area (TPSA) is 91.8 Å². The molecule has 0 bridgehead atoms. The Morgan fingerprint density at radius 1 is 1.43 bits per heavy atom. The minimum Gasteiger partial charge on any atom is -0.276 e. The summed E-state index contributed by atoms with van der Waals surface area (Å²) < 4.78 is 24.6. The lowest BCUT2D eigenvalue weighted by molar-refractivity contribution is 0.459. The lowest BCUT2D eigenvalue weighted by Gasteiger charge is -2.13. The Hall–Kier alpha value is -1.80. The van der Waals surface area contributed by atoms with Gasteiger partial charge < -0.3 is 0 Å². The van der Waals surface area contributed by atoms with Crippen LogP contribution in [-0.4, -0.2) is 52.2 Å². The van der Waals surface area contributed by atoms with Crippen LogP contribution in [0.1, 0.15) is 12.1 Å². The molecule has 2 aromatic rings. The van der Waals surface area contributed by atoms with Gasteiger partial charge in [-0.2, -0.15) is 5.10 Å². The fourth-order valence-electron chi connectivity index (χ4n) is 2.62. The lowest BCUT2D eigenvalue weighted by Crippen LogP contribution is -2.27. The van der Waals surface area contributed by atoms with Gasteiger partial charge in [-0.05, 0) is 30.9 Å². The number of hydrogen-bond acceptors (Lipinski definition) is 5. The van der Waals surface area contributed by atoms with E-state index in [2.05, 4.69) is 20.2 Å². The Morgan fingerprint density at radius 3 is 2.95 bits per heavy atom. The second-order valence-corrected chi connectivity index (χ2v) is 7.33. The fourth-order valence-corrected chi connectivity index (χ4v) is 3.53. The highest BCUT2D eigenvalue weighted by Crippen LogP contribution is 2.23. The number of aromatic nitrogens is 4. The van der Waals surface area contributed by atoms with Crippen molar-refractivity contribution in [3.63, 3.8) is 0 Å². The van der Waals surface area contributed by atoms with E-state index >= 15 is 0 Å². The van der Waals surface area contributed by atoms with Crippen molar-refractivity contribution in [1.29, 1.82) is 0 Å². The van der Waals surface area contributed by atoms with E-state index in [1.165, 1.54) is 16.9 Å². The van der Waals surface area contributed by atoms with E-state index in [9.17, 15) is 8.42 Å². The maximum atomic E-state index is 11.5. The molecule has 1 fully saturated rings. The summed E-state index contributed by atoms with van der Waals surface area (Å²) in [6.07, 6.45) is 6.11. The molecule has 112 valence electrons. The maximum Gasteiger partial charge on any atom is 0.211 e. The standard InChI is InChI=1S/C13H17N5O2S/c1-21(19,20)18-5-3-10(8-18)6-11-7-13(15-9-14-11)12-2-4-16-17-12/h2,4,7,9-10H,3,5-6,8H2,1H3,(H,16,17)/t10-/m1/s1. The number of nitrogens with zero attached hydrogens (tertiary/aromatic N) is 4. The van der Waals surface area contributed by atoms with Crippen LogP contribution in [0.25, 0.3) is 11.4 Å². The molecule has 1 aliphatic heterocycles. The van der Waals surface area contributed by atoms with Crippen LogP contribution in [0, 0.1) is 5.92 Å². The van der Waals surface area contributed by atoms with Crippen LogP contribution in [0.15, 0.2) is 24.7 Å². The number of rotatable bonds is 4. The molecule has 0 spiro atoms. The summed E-state index contributed by atoms with van der Waals surface area (Å²) in [7, 11) is -3.08. The highest BCUT2D eigenvalue weighted by molar-refractivity contribution is 7.88. The first-order valence-electron chi connectivity index (χ1n) is 6.78. The van der Waals surface area contributed by atoms with Crippen LogP contribution in [0.5, 0.6) is 0 Å². The number of hydrogen-bond donors (Lipinski definition) is 1. The molecule has 0 radical (unpaired) electrons. The lowest BCUT2D eigenvalue weighted by atomic mass is 10.0. The number of sulfonamides is 1. The summed E-state index contributed by atoms with van der Waals surface area (Å²) in [4.78, 5) is 8.51. The molecule has 1 atom stereocenters. The third-order valence-corrected chi connectivity index (χ3v) is 4.99. The molecule has 3 heterocycles. The van der Waals surface area contributed by atoms with Crippen molar-refractivity contribution >= 4 is 10.0 Å². The molecule has 0 saturated carbocycles. The van der Waals surface area contributed by atoms with Gasteiger partial charge in [-0.3, -0.25) is 5.10 Å². The first-order chi connectivity index (χ1) is 10.0. The van der Waals surface area contributed by atoms with Crippen LogP contribution in [0.2, 0.25) is 0 Å². The fraction of sp³-hybridized carbons (Fsp3) is 0.462. The van der Waals surface area contributed by atoms with Crippen LogP contribution in [-0.2, 0) is 16.4 Å². The predicted molar refractivity (Wildman–Crippen MR) is 77.8 cm³/mol. The van der Waals surface area contributed by atoms with Crippen molar-refractivity contribution in [2.75, 3.05) is 19.3 Å². The Kier molecular flexibility index (Phi) is 3.73. The molecule has 0 amide bonds. The van der Waals surface area contributed by atoms with Crippen molar-refractivity contribution in [2.24, 2.45) is 5.92 Å². The zero-order valence-electron chi connectivity index (χ0n) is 11.7. The molecule has 3 rings (SSSR count). The minimum atomic E-state index is -3.08. The molecular weight excluding hydrogens is 290 g/mol. The third kappa shape index (κ3) is 3.27. The summed E-state index contributed by atoms with van der Waals surface area (Å²) in [5, 5.41) is 6.78. The van der Waals surface area contributed by atoms with Crippen molar-refractivity contribution in [2.45, 2.75) is 12.8 Å². The van der Waals surface area contributed by atoms with Gasteiger partial charge in [0.25, 0.3) is 0 Å². The van der Waals surface area contributed by atoms with Crippen LogP contribution < -0.4 is 0 Å². The van der Waals surface area contributed by atoms with Gasteiger partial charge in [0.05, 0.1) is 17.6 Å². The zero-order chi connectivity index (χ0) is 14.9. The molecule has 7 nitrogen and oxygen atoms in total. The first-order valence-corrected chi connectivity index (χ1v) is 8.63. The summed E-state index contributed by atoms with van der Waals surface area (Å²) >= 11 is 0. The molecule has 21 heavy (non-hydrogen) atoms. The molecule has 0 aromatic carbocycles. The SMILES string of the molecule is CS(=O)(=O)N1CC[C@H](Cc2cc(-c3ccn[nH]3)ncn2)C1. The smallest absolute Gasteiger partial charge is 0.211 e. The molecule has 0 aliphatic carbocycles. The van der Waals surface area contributed by atoms with Gasteiger partial charge in [-0.1, -0.05) is 0 Å². The summed E-state index contributed by atoms with van der Waals surface area (Å²) in [6.45, 7) is 1.17. The van der Waals surface area contributed by atoms with E-state index in [-0.39, 0.29) is 0 Å². The Bertz CT molecular complexity index is 714. The van der Waals surface area contributed by atoms with Gasteiger partial charge in [-0.15, -0.1) is 0 Å². The van der Waals surface area contributed by atoms with Gasteiger partial charge in [-0.25, -0.2) is 22.7 Å². The molecule has 1 N–H and O–H groups in total. The number of aromatic amines is 1. The molecule has 2 aromatic heterocycles. The summed E-state index contributed by atoms with van der Waals surface area (Å²) in [5.41, 5.74) is 2.58. The summed E-state index contributed by atoms with van der Waals surface area (Å²) in [6, 6.07) is 3.78. The minimum absolute atomic E-state index is 0.309. The van der Waals surface area contributed by atoms with Crippen LogP contribution >= 0.6 is 0 Å². The predicted octanol–water partition coefficient (Wildman–Crippen LogP) is 0.691. The van der Waals surface area contributed by atoms with Gasteiger partial charge in [0.1, 0.15) is 6.33 Å². The average Bonchev–Trinajstić information content (AvgIpc) is 3.09. The van der Waals surface area contributed by atoms with Crippen molar-refractivity contribution in [3.8, 4) is 11.4 Å². The largest absolute Gasteiger partial charge is 0.276 e. The van der Waals surface area contributed by atoms with Crippen molar-refractivity contribution in [1.82, 2.24) is 24.5 Å². The van der Waals surface area contributed by atoms with Gasteiger partial charge >= 0.3 is 0 Å². The monoisotopic (exact) mass is 307 g/mol. The van der Waals surface area contributed by atoms with E-state index < -0.39 is 10.0 Å². The highest BCUT2D eigenvalue weighted by atomic mass is 32.2. The molecule has 1 saturated heterocycles. The van der Waals surface area contributed by atoms with Crippen molar-refractivity contribution in [3.05, 3.63) is 30.4 Å². The van der Waals surface area contributed by atoms with E-state index in [1.807, 2.05) is 12.1 Å². The summed E-state index contributed by atoms with van der Waals surface area (Å²) in [5.74, 6) is 0.309. The number of nitrogens with one attached hydrogen (secondary N) is 1. The van der Waals surface area contributed by atoms with Crippen LogP contribution in [0.3, 0.4) is 0 Å². The Balaban J connectivity index is 1.71. The zero-order valence-corrected chi connectivity index (χ0v) is 12.5. The Morgan fingerprint density at radius 2 is 2.29 bits per heavy atom. The second-order valence-electron chi connectivity index (χ2n) is 5.34. The number of H-pyrrole nitrogens is 1. The van der Waals surface area contributed by atoms with Gasteiger partial charge in [0, 0.05) is 25.0 Å². The average molecular weight is 307 g/mol. The maximum absolute atomic E-state index is 11.5. The molecule has 1 aliphatic rings. The third-order valence-electron chi connectivity index (χ3n) is 3.72. The van der Waals surface area contributed by atoms with E-state index in [0.717, 1.165) is 29.9 Å². The second kappa shape index (κ2) is 5.53. The Labute approximate surface area is 123 Å². The molecule has 0 unspecified atom stereocenters. The van der Waals surface area contributed by atoms with Gasteiger partial charge in [0.2, 0.25) is 10.0 Å². The van der Waals surface area contributed by atoms with E-state index in [0.29, 0.717) is 19.0 Å². The quantitative estimate of drug-likeness (QED) is 0.897. The first kappa shape index (κ1) is 14.2. The normalized spacial score (nSPS) is 20.0. The van der Waals surface area contributed by atoms with E-state index in [4.69, 9.17) is 0 Å². The van der Waals surface area contributed by atoms with Crippen molar-refractivity contribution < 1.29 is 8.42 Å². The van der Waals surface area contributed by atoms with Gasteiger partial charge in [0.15, 0.2) is 0 Å². The molecular formula is C13H17N5O2S. The highest BCUT2D eigenvalue weighted by Gasteiger charge is 2.28. The van der Waals surface area contributed by atoms with E-state index in [1.54, 1.807) is 6.20 Å². The van der Waals surface area contributed by atoms with Crippen LogP contribution in [0.4, 0.5) is 0 Å². The molecule has 8 heteroatoms.